The number of amides is 1. The van der Waals surface area contributed by atoms with Crippen molar-refractivity contribution in [3.63, 3.8) is 0 Å². The lowest BCUT2D eigenvalue weighted by atomic mass is 9.97. The maximum atomic E-state index is 12.2. The monoisotopic (exact) mass is 328 g/mol. The molecule has 2 rings (SSSR count). The van der Waals surface area contributed by atoms with E-state index in [1.54, 1.807) is 7.11 Å². The summed E-state index contributed by atoms with van der Waals surface area (Å²) in [4.78, 5) is 14.0. The van der Waals surface area contributed by atoms with Gasteiger partial charge in [0, 0.05) is 39.8 Å². The average Bonchev–Trinajstić information content (AvgIpc) is 2.95. The maximum Gasteiger partial charge on any atom is 0.410 e. The SMILES string of the molecule is COC1(CNCC2CCCN(C(=O)OC(C)(C)C)C2)CCOC1. The lowest BCUT2D eigenvalue weighted by Crippen LogP contribution is -2.48. The van der Waals surface area contributed by atoms with Crippen LogP contribution in [0.1, 0.15) is 40.0 Å². The van der Waals surface area contributed by atoms with Crippen molar-refractivity contribution in [2.45, 2.75) is 51.2 Å². The fourth-order valence-corrected chi connectivity index (χ4v) is 3.19. The first-order chi connectivity index (χ1) is 10.8. The van der Waals surface area contributed by atoms with Gasteiger partial charge >= 0.3 is 6.09 Å². The highest BCUT2D eigenvalue weighted by Crippen LogP contribution is 2.22. The summed E-state index contributed by atoms with van der Waals surface area (Å²) in [5, 5.41) is 3.51. The van der Waals surface area contributed by atoms with E-state index < -0.39 is 5.60 Å². The van der Waals surface area contributed by atoms with Gasteiger partial charge in [0.2, 0.25) is 0 Å². The molecular formula is C17H32N2O4. The maximum absolute atomic E-state index is 12.2. The van der Waals surface area contributed by atoms with E-state index in [0.29, 0.717) is 12.5 Å². The topological polar surface area (TPSA) is 60.0 Å². The third-order valence-corrected chi connectivity index (χ3v) is 4.55. The molecule has 6 nitrogen and oxygen atoms in total. The molecule has 1 amide bonds. The Hall–Kier alpha value is -0.850. The minimum atomic E-state index is -0.435. The van der Waals surface area contributed by atoms with Crippen molar-refractivity contribution in [2.24, 2.45) is 5.92 Å². The van der Waals surface area contributed by atoms with Gasteiger partial charge in [0.15, 0.2) is 0 Å². The van der Waals surface area contributed by atoms with Gasteiger partial charge < -0.3 is 24.4 Å². The Morgan fingerprint density at radius 3 is 2.83 bits per heavy atom. The summed E-state index contributed by atoms with van der Waals surface area (Å²) in [6, 6.07) is 0. The van der Waals surface area contributed by atoms with Crippen LogP contribution < -0.4 is 5.32 Å². The molecule has 2 atom stereocenters. The lowest BCUT2D eigenvalue weighted by molar-refractivity contribution is -0.0171. The van der Waals surface area contributed by atoms with Gasteiger partial charge in [-0.15, -0.1) is 0 Å². The second kappa shape index (κ2) is 7.81. The summed E-state index contributed by atoms with van der Waals surface area (Å²) in [5.41, 5.74) is -0.616. The average molecular weight is 328 g/mol. The summed E-state index contributed by atoms with van der Waals surface area (Å²) >= 11 is 0. The molecule has 0 spiro atoms. The van der Waals surface area contributed by atoms with Crippen LogP contribution in [-0.4, -0.2) is 68.7 Å². The van der Waals surface area contributed by atoms with E-state index in [1.165, 1.54) is 0 Å². The van der Waals surface area contributed by atoms with Crippen LogP contribution in [0.4, 0.5) is 4.79 Å². The normalized spacial score (nSPS) is 28.9. The number of rotatable bonds is 5. The molecule has 2 unspecified atom stereocenters. The van der Waals surface area contributed by atoms with Crippen LogP contribution in [-0.2, 0) is 14.2 Å². The largest absolute Gasteiger partial charge is 0.444 e. The zero-order valence-corrected chi connectivity index (χ0v) is 15.0. The summed E-state index contributed by atoms with van der Waals surface area (Å²) < 4.78 is 16.6. The molecule has 0 saturated carbocycles. The molecule has 6 heteroatoms. The standard InChI is InChI=1S/C17H32N2O4/c1-16(2,3)23-15(20)19-8-5-6-14(11-19)10-18-12-17(21-4)7-9-22-13-17/h14,18H,5-13H2,1-4H3. The molecule has 0 aromatic heterocycles. The quantitative estimate of drug-likeness (QED) is 0.837. The highest BCUT2D eigenvalue weighted by atomic mass is 16.6. The van der Waals surface area contributed by atoms with E-state index in [0.717, 1.165) is 52.0 Å². The summed E-state index contributed by atoms with van der Waals surface area (Å²) in [5.74, 6) is 0.465. The van der Waals surface area contributed by atoms with Gasteiger partial charge in [0.1, 0.15) is 11.2 Å². The van der Waals surface area contributed by atoms with Crippen LogP contribution in [0.2, 0.25) is 0 Å². The van der Waals surface area contributed by atoms with E-state index in [9.17, 15) is 4.79 Å². The van der Waals surface area contributed by atoms with Crippen LogP contribution in [0.5, 0.6) is 0 Å². The lowest BCUT2D eigenvalue weighted by Gasteiger charge is -2.35. The van der Waals surface area contributed by atoms with Gasteiger partial charge in [0.25, 0.3) is 0 Å². The Balaban J connectivity index is 1.74. The molecule has 23 heavy (non-hydrogen) atoms. The van der Waals surface area contributed by atoms with Gasteiger partial charge in [-0.2, -0.15) is 0 Å². The van der Waals surface area contributed by atoms with Crippen molar-refractivity contribution in [3.05, 3.63) is 0 Å². The van der Waals surface area contributed by atoms with E-state index in [2.05, 4.69) is 5.32 Å². The Labute approximate surface area is 139 Å². The predicted molar refractivity (Wildman–Crippen MR) is 88.6 cm³/mol. The van der Waals surface area contributed by atoms with Crippen LogP contribution >= 0.6 is 0 Å². The number of piperidine rings is 1. The minimum absolute atomic E-state index is 0.181. The fraction of sp³-hybridized carbons (Fsp3) is 0.941. The van der Waals surface area contributed by atoms with Crippen LogP contribution in [0.25, 0.3) is 0 Å². The van der Waals surface area contributed by atoms with Gasteiger partial charge in [0.05, 0.1) is 6.61 Å². The number of carbonyl (C=O) groups excluding carboxylic acids is 1. The predicted octanol–water partition coefficient (Wildman–Crippen LogP) is 2.03. The smallest absolute Gasteiger partial charge is 0.410 e. The first-order valence-electron chi connectivity index (χ1n) is 8.65. The zero-order chi connectivity index (χ0) is 16.9. The molecule has 0 aromatic rings. The zero-order valence-electron chi connectivity index (χ0n) is 15.0. The molecule has 0 radical (unpaired) electrons. The molecule has 0 aromatic carbocycles. The molecule has 2 heterocycles. The number of nitrogens with one attached hydrogen (secondary N) is 1. The number of hydrogen-bond acceptors (Lipinski definition) is 5. The van der Waals surface area contributed by atoms with E-state index in [-0.39, 0.29) is 11.7 Å². The van der Waals surface area contributed by atoms with Crippen LogP contribution in [0.15, 0.2) is 0 Å². The summed E-state index contributed by atoms with van der Waals surface area (Å²) in [7, 11) is 1.75. The van der Waals surface area contributed by atoms with Gasteiger partial charge in [-0.25, -0.2) is 4.79 Å². The molecule has 0 aliphatic carbocycles. The number of nitrogens with zero attached hydrogens (tertiary/aromatic N) is 1. The second-order valence-electron chi connectivity index (χ2n) is 7.76. The van der Waals surface area contributed by atoms with Crippen molar-refractivity contribution in [1.82, 2.24) is 10.2 Å². The van der Waals surface area contributed by atoms with Gasteiger partial charge in [-0.05, 0) is 46.1 Å². The van der Waals surface area contributed by atoms with E-state index in [1.807, 2.05) is 25.7 Å². The Kier molecular flexibility index (Phi) is 6.28. The number of likely N-dealkylation sites (tertiary alicyclic amines) is 1. The van der Waals surface area contributed by atoms with Crippen LogP contribution in [0, 0.1) is 5.92 Å². The van der Waals surface area contributed by atoms with Crippen molar-refractivity contribution in [3.8, 4) is 0 Å². The van der Waals surface area contributed by atoms with Crippen molar-refractivity contribution < 1.29 is 19.0 Å². The molecule has 2 saturated heterocycles. The summed E-state index contributed by atoms with van der Waals surface area (Å²) in [6.45, 7) is 10.4. The second-order valence-corrected chi connectivity index (χ2v) is 7.76. The van der Waals surface area contributed by atoms with Crippen molar-refractivity contribution >= 4 is 6.09 Å². The summed E-state index contributed by atoms with van der Waals surface area (Å²) in [6.07, 6.45) is 2.91. The third kappa shape index (κ3) is 5.62. The van der Waals surface area contributed by atoms with E-state index in [4.69, 9.17) is 14.2 Å². The first-order valence-corrected chi connectivity index (χ1v) is 8.65. The third-order valence-electron chi connectivity index (χ3n) is 4.55. The van der Waals surface area contributed by atoms with Crippen molar-refractivity contribution in [2.75, 3.05) is 46.5 Å². The fourth-order valence-electron chi connectivity index (χ4n) is 3.19. The molecule has 2 aliphatic heterocycles. The molecule has 134 valence electrons. The van der Waals surface area contributed by atoms with Crippen molar-refractivity contribution in [1.29, 1.82) is 0 Å². The van der Waals surface area contributed by atoms with E-state index >= 15 is 0 Å². The molecule has 2 fully saturated rings. The minimum Gasteiger partial charge on any atom is -0.444 e. The Morgan fingerprint density at radius 1 is 1.43 bits per heavy atom. The Bertz CT molecular complexity index is 389. The number of methoxy groups -OCH3 is 1. The highest BCUT2D eigenvalue weighted by Gasteiger charge is 2.35. The highest BCUT2D eigenvalue weighted by molar-refractivity contribution is 5.68. The first kappa shape index (κ1) is 18.5. The van der Waals surface area contributed by atoms with Crippen LogP contribution in [0.3, 0.4) is 0 Å². The number of hydrogen-bond donors (Lipinski definition) is 1. The number of carbonyl (C=O) groups is 1. The number of ether oxygens (including phenoxy) is 3. The molecular weight excluding hydrogens is 296 g/mol. The van der Waals surface area contributed by atoms with Gasteiger partial charge in [-0.3, -0.25) is 0 Å². The molecule has 0 bridgehead atoms. The Morgan fingerprint density at radius 2 is 2.22 bits per heavy atom. The molecule has 2 aliphatic rings. The molecule has 1 N–H and O–H groups in total. The van der Waals surface area contributed by atoms with Gasteiger partial charge in [-0.1, -0.05) is 0 Å².